The summed E-state index contributed by atoms with van der Waals surface area (Å²) < 4.78 is 48.8. The van der Waals surface area contributed by atoms with Crippen LogP contribution in [0.4, 0.5) is 13.2 Å². The highest BCUT2D eigenvalue weighted by molar-refractivity contribution is 5.94. The fraction of sp³-hybridized carbons (Fsp3) is 0.200. The average molecular weight is 375 g/mol. The van der Waals surface area contributed by atoms with Crippen molar-refractivity contribution in [2.45, 2.75) is 26.6 Å². The molecule has 0 fully saturated rings. The van der Waals surface area contributed by atoms with E-state index < -0.39 is 11.7 Å². The van der Waals surface area contributed by atoms with Crippen molar-refractivity contribution in [2.24, 2.45) is 0 Å². The van der Waals surface area contributed by atoms with Crippen molar-refractivity contribution in [1.82, 2.24) is 4.98 Å². The predicted octanol–water partition coefficient (Wildman–Crippen LogP) is 5.45. The molecule has 0 saturated carbocycles. The van der Waals surface area contributed by atoms with E-state index in [1.54, 1.807) is 18.2 Å². The molecule has 1 aromatic heterocycles. The van der Waals surface area contributed by atoms with Crippen LogP contribution >= 0.6 is 0 Å². The number of aromatic nitrogens is 1. The highest BCUT2D eigenvalue weighted by Gasteiger charge is 2.30. The van der Waals surface area contributed by atoms with Crippen molar-refractivity contribution >= 4 is 5.78 Å². The molecule has 0 N–H and O–H groups in total. The lowest BCUT2D eigenvalue weighted by Gasteiger charge is -2.07. The molecule has 4 nitrogen and oxygen atoms in total. The van der Waals surface area contributed by atoms with Gasteiger partial charge in [-0.05, 0) is 61.9 Å². The van der Waals surface area contributed by atoms with Crippen LogP contribution < -0.4 is 4.74 Å². The smallest absolute Gasteiger partial charge is 0.416 e. The number of carbonyl (C=O) groups excluding carboxylic acids is 1. The Morgan fingerprint density at radius 3 is 2.48 bits per heavy atom. The van der Waals surface area contributed by atoms with Gasteiger partial charge in [0, 0.05) is 11.1 Å². The van der Waals surface area contributed by atoms with E-state index in [0.717, 1.165) is 17.7 Å². The minimum Gasteiger partial charge on any atom is -0.487 e. The number of alkyl halides is 3. The summed E-state index contributed by atoms with van der Waals surface area (Å²) in [5.74, 6) is 0.671. The molecule has 0 atom stereocenters. The fourth-order valence-electron chi connectivity index (χ4n) is 2.50. The zero-order valence-corrected chi connectivity index (χ0v) is 14.6. The Labute approximate surface area is 153 Å². The maximum absolute atomic E-state index is 12.6. The van der Waals surface area contributed by atoms with Gasteiger partial charge in [0.25, 0.3) is 0 Å². The molecule has 0 unspecified atom stereocenters. The second kappa shape index (κ2) is 7.26. The van der Waals surface area contributed by atoms with Gasteiger partial charge in [0.05, 0.1) is 5.56 Å². The SMILES string of the molecule is CC(=O)c1cc(C)cc(OCc2coc(-c3ccc(C(F)(F)F)cc3)n2)c1. The Bertz CT molecular complexity index is 959. The first-order valence-corrected chi connectivity index (χ1v) is 8.10. The molecule has 140 valence electrons. The van der Waals surface area contributed by atoms with Crippen LogP contribution in [0, 0.1) is 6.92 Å². The molecule has 2 aromatic carbocycles. The van der Waals surface area contributed by atoms with Gasteiger partial charge in [0.2, 0.25) is 5.89 Å². The molecule has 0 saturated heterocycles. The van der Waals surface area contributed by atoms with Gasteiger partial charge in [-0.2, -0.15) is 13.2 Å². The number of hydrogen-bond donors (Lipinski definition) is 0. The maximum Gasteiger partial charge on any atom is 0.416 e. The van der Waals surface area contributed by atoms with E-state index >= 15 is 0 Å². The number of ketones is 1. The van der Waals surface area contributed by atoms with Crippen molar-refractivity contribution < 1.29 is 27.1 Å². The van der Waals surface area contributed by atoms with Gasteiger partial charge < -0.3 is 9.15 Å². The molecule has 7 heteroatoms. The molecule has 0 spiro atoms. The lowest BCUT2D eigenvalue weighted by molar-refractivity contribution is -0.137. The molecular formula is C20H16F3NO3. The summed E-state index contributed by atoms with van der Waals surface area (Å²) in [5.41, 5.74) is 1.63. The second-order valence-electron chi connectivity index (χ2n) is 6.10. The van der Waals surface area contributed by atoms with Crippen LogP contribution in [0.1, 0.15) is 34.1 Å². The van der Waals surface area contributed by atoms with E-state index in [4.69, 9.17) is 9.15 Å². The summed E-state index contributed by atoms with van der Waals surface area (Å²) in [7, 11) is 0. The van der Waals surface area contributed by atoms with Gasteiger partial charge in [0.1, 0.15) is 24.3 Å². The first-order chi connectivity index (χ1) is 12.7. The summed E-state index contributed by atoms with van der Waals surface area (Å²) in [6.07, 6.45) is -3.00. The third-order valence-corrected chi connectivity index (χ3v) is 3.86. The van der Waals surface area contributed by atoms with Crippen molar-refractivity contribution in [3.8, 4) is 17.2 Å². The first-order valence-electron chi connectivity index (χ1n) is 8.10. The molecular weight excluding hydrogens is 359 g/mol. The summed E-state index contributed by atoms with van der Waals surface area (Å²) in [6, 6.07) is 9.78. The zero-order chi connectivity index (χ0) is 19.6. The number of Topliss-reactive ketones (excluding diaryl/α,β-unsaturated/α-hetero) is 1. The van der Waals surface area contributed by atoms with Crippen LogP contribution in [0.15, 0.2) is 53.1 Å². The number of carbonyl (C=O) groups is 1. The predicted molar refractivity (Wildman–Crippen MR) is 92.5 cm³/mol. The van der Waals surface area contributed by atoms with Crippen LogP contribution in [0.5, 0.6) is 5.75 Å². The maximum atomic E-state index is 12.6. The third kappa shape index (κ3) is 4.55. The molecule has 0 bridgehead atoms. The zero-order valence-electron chi connectivity index (χ0n) is 14.6. The molecule has 0 aliphatic rings. The number of oxazole rings is 1. The van der Waals surface area contributed by atoms with Gasteiger partial charge in [-0.25, -0.2) is 4.98 Å². The number of rotatable bonds is 5. The topological polar surface area (TPSA) is 52.3 Å². The number of ether oxygens (including phenoxy) is 1. The number of hydrogen-bond acceptors (Lipinski definition) is 4. The van der Waals surface area contributed by atoms with E-state index in [1.165, 1.54) is 25.3 Å². The average Bonchev–Trinajstić information content (AvgIpc) is 3.08. The highest BCUT2D eigenvalue weighted by Crippen LogP contribution is 2.31. The van der Waals surface area contributed by atoms with Crippen molar-refractivity contribution in [3.05, 3.63) is 71.1 Å². The Hall–Kier alpha value is -3.09. The van der Waals surface area contributed by atoms with Crippen LogP contribution in [0.3, 0.4) is 0 Å². The van der Waals surface area contributed by atoms with Gasteiger partial charge >= 0.3 is 6.18 Å². The number of halogens is 3. The molecule has 0 aliphatic carbocycles. The van der Waals surface area contributed by atoms with E-state index in [1.807, 2.05) is 6.92 Å². The summed E-state index contributed by atoms with van der Waals surface area (Å²) in [6.45, 7) is 3.44. The molecule has 0 aliphatic heterocycles. The number of aryl methyl sites for hydroxylation is 1. The van der Waals surface area contributed by atoms with Gasteiger partial charge in [-0.15, -0.1) is 0 Å². The van der Waals surface area contributed by atoms with E-state index in [9.17, 15) is 18.0 Å². The minimum atomic E-state index is -4.39. The molecule has 27 heavy (non-hydrogen) atoms. The molecule has 3 aromatic rings. The Balaban J connectivity index is 1.71. The second-order valence-corrected chi connectivity index (χ2v) is 6.10. The normalized spacial score (nSPS) is 11.4. The summed E-state index contributed by atoms with van der Waals surface area (Å²) >= 11 is 0. The quantitative estimate of drug-likeness (QED) is 0.557. The standard InChI is InChI=1S/C20H16F3NO3/c1-12-7-15(13(2)25)9-18(8-12)26-10-17-11-27-19(24-17)14-3-5-16(6-4-14)20(21,22)23/h3-9,11H,10H2,1-2H3. The van der Waals surface area contributed by atoms with Crippen LogP contribution in [0.2, 0.25) is 0 Å². The van der Waals surface area contributed by atoms with Crippen molar-refractivity contribution in [3.63, 3.8) is 0 Å². The number of benzene rings is 2. The lowest BCUT2D eigenvalue weighted by atomic mass is 10.1. The van der Waals surface area contributed by atoms with Gasteiger partial charge in [-0.1, -0.05) is 0 Å². The van der Waals surface area contributed by atoms with E-state index in [-0.39, 0.29) is 18.3 Å². The van der Waals surface area contributed by atoms with E-state index in [0.29, 0.717) is 22.6 Å². The largest absolute Gasteiger partial charge is 0.487 e. The molecule has 0 amide bonds. The Kier molecular flexibility index (Phi) is 5.03. The Morgan fingerprint density at radius 1 is 1.15 bits per heavy atom. The summed E-state index contributed by atoms with van der Waals surface area (Å²) in [4.78, 5) is 15.7. The first kappa shape index (κ1) is 18.7. The summed E-state index contributed by atoms with van der Waals surface area (Å²) in [5, 5.41) is 0. The highest BCUT2D eigenvalue weighted by atomic mass is 19.4. The van der Waals surface area contributed by atoms with Crippen LogP contribution in [0.25, 0.3) is 11.5 Å². The van der Waals surface area contributed by atoms with Crippen LogP contribution in [-0.2, 0) is 12.8 Å². The van der Waals surface area contributed by atoms with Gasteiger partial charge in [0.15, 0.2) is 5.78 Å². The lowest BCUT2D eigenvalue weighted by Crippen LogP contribution is -2.04. The number of nitrogens with zero attached hydrogens (tertiary/aromatic N) is 1. The minimum absolute atomic E-state index is 0.0606. The van der Waals surface area contributed by atoms with Gasteiger partial charge in [-0.3, -0.25) is 4.79 Å². The van der Waals surface area contributed by atoms with Crippen LogP contribution in [-0.4, -0.2) is 10.8 Å². The Morgan fingerprint density at radius 2 is 1.85 bits per heavy atom. The third-order valence-electron chi connectivity index (χ3n) is 3.86. The van der Waals surface area contributed by atoms with E-state index in [2.05, 4.69) is 4.98 Å². The van der Waals surface area contributed by atoms with Crippen molar-refractivity contribution in [2.75, 3.05) is 0 Å². The monoisotopic (exact) mass is 375 g/mol. The molecule has 1 heterocycles. The van der Waals surface area contributed by atoms with Crippen molar-refractivity contribution in [1.29, 1.82) is 0 Å². The fourth-order valence-corrected chi connectivity index (χ4v) is 2.50. The molecule has 3 rings (SSSR count). The molecule has 0 radical (unpaired) electrons.